The third-order valence-corrected chi connectivity index (χ3v) is 8.64. The minimum Gasteiger partial charge on any atom is -0.352 e. The van der Waals surface area contributed by atoms with Gasteiger partial charge in [-0.2, -0.15) is 0 Å². The second-order valence-electron chi connectivity index (χ2n) is 9.46. The highest BCUT2D eigenvalue weighted by Gasteiger charge is 2.34. The first-order chi connectivity index (χ1) is 19.3. The van der Waals surface area contributed by atoms with Crippen LogP contribution in [0.4, 0.5) is 11.4 Å². The van der Waals surface area contributed by atoms with Crippen molar-refractivity contribution in [3.63, 3.8) is 0 Å². The summed E-state index contributed by atoms with van der Waals surface area (Å²) >= 11 is 12.3. The molecule has 0 bridgehead atoms. The molecule has 0 heterocycles. The van der Waals surface area contributed by atoms with E-state index in [0.29, 0.717) is 10.6 Å². The van der Waals surface area contributed by atoms with Gasteiger partial charge in [-0.3, -0.25) is 24.0 Å². The van der Waals surface area contributed by atoms with Crippen LogP contribution in [0.3, 0.4) is 0 Å². The molecule has 1 N–H and O–H groups in total. The van der Waals surface area contributed by atoms with Crippen molar-refractivity contribution in [3.8, 4) is 0 Å². The molecular formula is C28H30Cl2N4O6S. The number of amides is 2. The van der Waals surface area contributed by atoms with Crippen molar-refractivity contribution >= 4 is 56.4 Å². The Morgan fingerprint density at radius 1 is 0.976 bits per heavy atom. The molecule has 1 atom stereocenters. The van der Waals surface area contributed by atoms with Gasteiger partial charge < -0.3 is 10.2 Å². The van der Waals surface area contributed by atoms with Crippen LogP contribution in [0.2, 0.25) is 10.0 Å². The quantitative estimate of drug-likeness (QED) is 0.212. The van der Waals surface area contributed by atoms with Crippen molar-refractivity contribution < 1.29 is 22.9 Å². The second-order valence-corrected chi connectivity index (χ2v) is 12.1. The number of anilines is 1. The summed E-state index contributed by atoms with van der Waals surface area (Å²) in [5, 5.41) is 14.6. The minimum absolute atomic E-state index is 0.0435. The van der Waals surface area contributed by atoms with Crippen LogP contribution in [0.25, 0.3) is 0 Å². The molecule has 2 amide bonds. The van der Waals surface area contributed by atoms with Crippen LogP contribution in [-0.4, -0.2) is 48.7 Å². The summed E-state index contributed by atoms with van der Waals surface area (Å²) in [7, 11) is -4.30. The minimum atomic E-state index is -4.30. The first kappa shape index (κ1) is 31.9. The van der Waals surface area contributed by atoms with E-state index in [1.807, 2.05) is 0 Å². The topological polar surface area (TPSA) is 130 Å². The normalized spacial score (nSPS) is 12.0. The molecule has 0 fully saturated rings. The van der Waals surface area contributed by atoms with Crippen LogP contribution in [0.15, 0.2) is 77.7 Å². The summed E-state index contributed by atoms with van der Waals surface area (Å²) in [6.45, 7) is 4.59. The molecule has 0 aliphatic heterocycles. The van der Waals surface area contributed by atoms with Crippen LogP contribution >= 0.6 is 23.2 Å². The van der Waals surface area contributed by atoms with Gasteiger partial charge in [0, 0.05) is 24.7 Å². The molecule has 0 saturated heterocycles. The summed E-state index contributed by atoms with van der Waals surface area (Å²) in [5.74, 6) is -1.07. The number of carbonyl (C=O) groups is 2. The average molecular weight is 622 g/mol. The first-order valence-electron chi connectivity index (χ1n) is 12.7. The van der Waals surface area contributed by atoms with Gasteiger partial charge in [0.05, 0.1) is 25.6 Å². The van der Waals surface area contributed by atoms with Gasteiger partial charge in [0.2, 0.25) is 11.8 Å². The Morgan fingerprint density at radius 3 is 2.15 bits per heavy atom. The number of rotatable bonds is 12. The monoisotopic (exact) mass is 620 g/mol. The smallest absolute Gasteiger partial charge is 0.269 e. The highest BCUT2D eigenvalue weighted by molar-refractivity contribution is 7.92. The lowest BCUT2D eigenvalue weighted by Gasteiger charge is -2.33. The third kappa shape index (κ3) is 7.96. The first-order valence-corrected chi connectivity index (χ1v) is 14.9. The fourth-order valence-corrected chi connectivity index (χ4v) is 5.88. The van der Waals surface area contributed by atoms with Crippen LogP contribution in [-0.2, 0) is 26.2 Å². The molecule has 0 spiro atoms. The molecule has 0 aliphatic rings. The molecule has 218 valence electrons. The van der Waals surface area contributed by atoms with Crippen molar-refractivity contribution in [2.24, 2.45) is 0 Å². The van der Waals surface area contributed by atoms with Crippen LogP contribution in [0, 0.1) is 10.1 Å². The maximum atomic E-state index is 14.0. The number of hydrogen-bond donors (Lipinski definition) is 1. The number of non-ortho nitro benzene ring substituents is 1. The Morgan fingerprint density at radius 2 is 1.61 bits per heavy atom. The second kappa shape index (κ2) is 13.8. The number of nitro groups is 1. The molecule has 0 radical (unpaired) electrons. The molecule has 0 aromatic heterocycles. The summed E-state index contributed by atoms with van der Waals surface area (Å²) in [6.07, 6.45) is 0.245. The number of hydrogen-bond acceptors (Lipinski definition) is 6. The molecule has 0 aliphatic carbocycles. The van der Waals surface area contributed by atoms with Gasteiger partial charge in [-0.15, -0.1) is 0 Å². The van der Waals surface area contributed by atoms with Gasteiger partial charge in [0.15, 0.2) is 0 Å². The van der Waals surface area contributed by atoms with Gasteiger partial charge >= 0.3 is 0 Å². The van der Waals surface area contributed by atoms with Crippen molar-refractivity contribution in [2.45, 2.75) is 50.7 Å². The predicted molar refractivity (Wildman–Crippen MR) is 158 cm³/mol. The van der Waals surface area contributed by atoms with Crippen molar-refractivity contribution in [1.82, 2.24) is 10.2 Å². The summed E-state index contributed by atoms with van der Waals surface area (Å²) < 4.78 is 28.4. The van der Waals surface area contributed by atoms with E-state index in [0.717, 1.165) is 16.4 Å². The molecule has 3 rings (SSSR count). The molecule has 0 unspecified atom stereocenters. The maximum absolute atomic E-state index is 14.0. The Balaban J connectivity index is 2.08. The number of nitrogens with zero attached hydrogens (tertiary/aromatic N) is 3. The highest BCUT2D eigenvalue weighted by Crippen LogP contribution is 2.28. The Bertz CT molecular complexity index is 1500. The number of halogens is 2. The van der Waals surface area contributed by atoms with Crippen LogP contribution in [0.5, 0.6) is 0 Å². The molecule has 3 aromatic carbocycles. The summed E-state index contributed by atoms with van der Waals surface area (Å²) in [5.41, 5.74) is 0.383. The number of sulfonamides is 1. The third-order valence-electron chi connectivity index (χ3n) is 6.11. The molecule has 13 heteroatoms. The molecule has 10 nitrogen and oxygen atoms in total. The van der Waals surface area contributed by atoms with Gasteiger partial charge in [-0.25, -0.2) is 8.42 Å². The molecule has 0 saturated carbocycles. The Labute approximate surface area is 249 Å². The molecule has 41 heavy (non-hydrogen) atoms. The van der Waals surface area contributed by atoms with E-state index in [9.17, 15) is 28.1 Å². The van der Waals surface area contributed by atoms with Gasteiger partial charge in [-0.05, 0) is 62.2 Å². The largest absolute Gasteiger partial charge is 0.352 e. The predicted octanol–water partition coefficient (Wildman–Crippen LogP) is 5.43. The zero-order valence-corrected chi connectivity index (χ0v) is 25.0. The summed E-state index contributed by atoms with van der Waals surface area (Å²) in [4.78, 5) is 39.0. The maximum Gasteiger partial charge on any atom is 0.269 e. The standard InChI is InChI=1S/C28H30Cl2N4O6S/c1-4-26(28(36)31-19(2)3)32(17-20-10-15-24(29)25(30)16-20)27(35)18-33(21-11-13-22(14-12-21)34(37)38)41(39,40)23-8-6-5-7-9-23/h5-16,19,26H,4,17-18H2,1-3H3,(H,31,36)/t26-/m1/s1. The summed E-state index contributed by atoms with van der Waals surface area (Å²) in [6, 6.07) is 16.0. The zero-order valence-electron chi connectivity index (χ0n) is 22.7. The number of benzene rings is 3. The van der Waals surface area contributed by atoms with E-state index < -0.39 is 39.3 Å². The SMILES string of the molecule is CC[C@H](C(=O)NC(C)C)N(Cc1ccc(Cl)c(Cl)c1)C(=O)CN(c1ccc([N+](=O)[O-])cc1)S(=O)(=O)c1ccccc1. The van der Waals surface area contributed by atoms with Crippen molar-refractivity contribution in [2.75, 3.05) is 10.8 Å². The van der Waals surface area contributed by atoms with E-state index in [-0.39, 0.29) is 40.3 Å². The fourth-order valence-electron chi connectivity index (χ4n) is 4.12. The van der Waals surface area contributed by atoms with Crippen LogP contribution < -0.4 is 9.62 Å². The Kier molecular flexibility index (Phi) is 10.7. The lowest BCUT2D eigenvalue weighted by Crippen LogP contribution is -2.53. The zero-order chi connectivity index (χ0) is 30.3. The number of nitrogens with one attached hydrogen (secondary N) is 1. The molecule has 3 aromatic rings. The van der Waals surface area contributed by atoms with E-state index in [2.05, 4.69) is 5.32 Å². The number of nitro benzene ring substituents is 1. The number of carbonyl (C=O) groups excluding carboxylic acids is 2. The van der Waals surface area contributed by atoms with E-state index >= 15 is 0 Å². The fraction of sp³-hybridized carbons (Fsp3) is 0.286. The highest BCUT2D eigenvalue weighted by atomic mass is 35.5. The van der Waals surface area contributed by atoms with Crippen molar-refractivity contribution in [1.29, 1.82) is 0 Å². The van der Waals surface area contributed by atoms with E-state index in [4.69, 9.17) is 23.2 Å². The van der Waals surface area contributed by atoms with Crippen molar-refractivity contribution in [3.05, 3.63) is 98.5 Å². The molecular weight excluding hydrogens is 591 g/mol. The van der Waals surface area contributed by atoms with Gasteiger partial charge in [0.1, 0.15) is 12.6 Å². The van der Waals surface area contributed by atoms with Gasteiger partial charge in [-0.1, -0.05) is 54.4 Å². The Hall–Kier alpha value is -3.67. The van der Waals surface area contributed by atoms with E-state index in [1.54, 1.807) is 57.2 Å². The van der Waals surface area contributed by atoms with E-state index in [1.165, 1.54) is 29.2 Å². The van der Waals surface area contributed by atoms with Gasteiger partial charge in [0.25, 0.3) is 15.7 Å². The lowest BCUT2D eigenvalue weighted by molar-refractivity contribution is -0.384. The average Bonchev–Trinajstić information content (AvgIpc) is 2.93. The van der Waals surface area contributed by atoms with Crippen LogP contribution in [0.1, 0.15) is 32.8 Å². The lowest BCUT2D eigenvalue weighted by atomic mass is 10.1.